The maximum absolute atomic E-state index is 10.6. The Hall–Kier alpha value is -1.36. The molecule has 0 aromatic carbocycles. The number of anilines is 2. The highest BCUT2D eigenvalue weighted by Crippen LogP contribution is 2.30. The summed E-state index contributed by atoms with van der Waals surface area (Å²) < 4.78 is 0. The van der Waals surface area contributed by atoms with Crippen molar-refractivity contribution in [2.75, 3.05) is 17.3 Å². The van der Waals surface area contributed by atoms with Crippen molar-refractivity contribution in [2.24, 2.45) is 0 Å². The Balaban J connectivity index is 2.44. The number of hydrogen-bond donors (Lipinski definition) is 1. The van der Waals surface area contributed by atoms with Crippen molar-refractivity contribution in [3.8, 4) is 0 Å². The number of likely N-dealkylation sites (N-methyl/N-ethyl adjacent to an activating group) is 1. The van der Waals surface area contributed by atoms with Crippen LogP contribution in [0.1, 0.15) is 0 Å². The highest BCUT2D eigenvalue weighted by Gasteiger charge is 2.26. The first-order chi connectivity index (χ1) is 6.22. The summed E-state index contributed by atoms with van der Waals surface area (Å²) in [6.45, 7) is 0. The second-order valence-electron chi connectivity index (χ2n) is 2.71. The molecule has 1 aromatic heterocycles. The number of aldehydes is 1. The topological polar surface area (TPSA) is 58.1 Å². The molecular weight excluding hydrogens is 192 g/mol. The Morgan fingerprint density at radius 1 is 1.77 bits per heavy atom. The molecule has 68 valence electrons. The van der Waals surface area contributed by atoms with Crippen molar-refractivity contribution in [1.29, 1.82) is 0 Å². The minimum Gasteiger partial charge on any atom is -0.355 e. The van der Waals surface area contributed by atoms with Crippen molar-refractivity contribution >= 4 is 29.4 Å². The fraction of sp³-hybridized carbons (Fsp3) is 0.286. The molecule has 0 aliphatic carbocycles. The molecule has 1 atom stereocenters. The fourth-order valence-electron chi connectivity index (χ4n) is 1.24. The monoisotopic (exact) mass is 198 g/mol. The van der Waals surface area contributed by atoms with E-state index in [4.69, 9.17) is 11.6 Å². The van der Waals surface area contributed by atoms with Crippen LogP contribution in [0.3, 0.4) is 0 Å². The van der Waals surface area contributed by atoms with Crippen LogP contribution in [-0.2, 0) is 4.79 Å². The van der Waals surface area contributed by atoms with E-state index in [1.54, 1.807) is 18.1 Å². The molecule has 0 fully saturated rings. The van der Waals surface area contributed by atoms with Crippen molar-refractivity contribution in [1.82, 2.24) is 9.97 Å². The van der Waals surface area contributed by atoms with E-state index < -0.39 is 0 Å². The molecule has 1 N–H and O–H groups in total. The van der Waals surface area contributed by atoms with Gasteiger partial charge in [-0.15, -0.1) is 0 Å². The average Bonchev–Trinajstić information content (AvgIpc) is 2.44. The van der Waals surface area contributed by atoms with Gasteiger partial charge < -0.3 is 10.2 Å². The second-order valence-corrected chi connectivity index (χ2v) is 3.05. The largest absolute Gasteiger partial charge is 0.355 e. The van der Waals surface area contributed by atoms with E-state index in [9.17, 15) is 4.79 Å². The highest BCUT2D eigenvalue weighted by molar-refractivity contribution is 6.28. The van der Waals surface area contributed by atoms with E-state index in [2.05, 4.69) is 15.3 Å². The van der Waals surface area contributed by atoms with Crippen LogP contribution >= 0.6 is 11.6 Å². The number of rotatable bonds is 1. The molecule has 1 aliphatic heterocycles. The lowest BCUT2D eigenvalue weighted by Gasteiger charge is -2.14. The van der Waals surface area contributed by atoms with Gasteiger partial charge in [-0.1, -0.05) is 0 Å². The Kier molecular flexibility index (Phi) is 1.81. The smallest absolute Gasteiger partial charge is 0.224 e. The third kappa shape index (κ3) is 1.21. The maximum atomic E-state index is 10.6. The summed E-state index contributed by atoms with van der Waals surface area (Å²) in [5.74, 6) is 0.650. The SMILES string of the molecule is CN1c2nc(Cl)ncc2NC1C=O. The minimum absolute atomic E-state index is 0.180. The predicted octanol–water partition coefficient (Wildman–Crippen LogP) is 0.517. The van der Waals surface area contributed by atoms with Gasteiger partial charge in [0.05, 0.1) is 11.9 Å². The van der Waals surface area contributed by atoms with Gasteiger partial charge in [-0.25, -0.2) is 4.98 Å². The Morgan fingerprint density at radius 3 is 3.23 bits per heavy atom. The second kappa shape index (κ2) is 2.85. The van der Waals surface area contributed by atoms with Gasteiger partial charge in [-0.3, -0.25) is 4.79 Å². The summed E-state index contributed by atoms with van der Waals surface area (Å²) in [5.41, 5.74) is 0.726. The van der Waals surface area contributed by atoms with Gasteiger partial charge in [-0.2, -0.15) is 4.98 Å². The van der Waals surface area contributed by atoms with Gasteiger partial charge >= 0.3 is 0 Å². The third-order valence-corrected chi connectivity index (χ3v) is 2.10. The number of halogens is 1. The number of nitrogens with zero attached hydrogens (tertiary/aromatic N) is 3. The van der Waals surface area contributed by atoms with E-state index in [1.165, 1.54) is 0 Å². The number of carbonyl (C=O) groups is 1. The zero-order chi connectivity index (χ0) is 9.42. The molecule has 0 bridgehead atoms. The van der Waals surface area contributed by atoms with Crippen LogP contribution in [0, 0.1) is 0 Å². The Labute approximate surface area is 79.7 Å². The Morgan fingerprint density at radius 2 is 2.54 bits per heavy atom. The van der Waals surface area contributed by atoms with E-state index in [1.807, 2.05) is 0 Å². The van der Waals surface area contributed by atoms with E-state index in [-0.39, 0.29) is 11.4 Å². The predicted molar refractivity (Wildman–Crippen MR) is 48.9 cm³/mol. The van der Waals surface area contributed by atoms with Crippen molar-refractivity contribution in [2.45, 2.75) is 6.17 Å². The summed E-state index contributed by atoms with van der Waals surface area (Å²) in [6.07, 6.45) is 1.99. The van der Waals surface area contributed by atoms with E-state index in [0.717, 1.165) is 12.0 Å². The lowest BCUT2D eigenvalue weighted by Crippen LogP contribution is -2.33. The molecule has 2 rings (SSSR count). The van der Waals surface area contributed by atoms with Crippen molar-refractivity contribution in [3.63, 3.8) is 0 Å². The molecule has 13 heavy (non-hydrogen) atoms. The maximum Gasteiger partial charge on any atom is 0.224 e. The normalized spacial score (nSPS) is 19.5. The first-order valence-corrected chi connectivity index (χ1v) is 4.07. The van der Waals surface area contributed by atoms with Gasteiger partial charge in [0.2, 0.25) is 5.28 Å². The van der Waals surface area contributed by atoms with Crippen LogP contribution in [-0.4, -0.2) is 29.5 Å². The van der Waals surface area contributed by atoms with Crippen LogP contribution in [0.15, 0.2) is 6.20 Å². The molecule has 0 saturated carbocycles. The summed E-state index contributed by atoms with van der Waals surface area (Å²) in [6, 6.07) is 0. The lowest BCUT2D eigenvalue weighted by molar-refractivity contribution is -0.108. The molecule has 1 aromatic rings. The molecule has 1 unspecified atom stereocenters. The van der Waals surface area contributed by atoms with Crippen LogP contribution in [0.2, 0.25) is 5.28 Å². The molecule has 0 saturated heterocycles. The number of nitrogens with one attached hydrogen (secondary N) is 1. The summed E-state index contributed by atoms with van der Waals surface area (Å²) >= 11 is 5.61. The zero-order valence-corrected chi connectivity index (χ0v) is 7.62. The molecule has 5 nitrogen and oxygen atoms in total. The quantitative estimate of drug-likeness (QED) is 0.527. The molecule has 2 heterocycles. The minimum atomic E-state index is -0.372. The zero-order valence-electron chi connectivity index (χ0n) is 6.86. The number of fused-ring (bicyclic) bond motifs is 1. The Bertz CT molecular complexity index is 356. The molecule has 1 aliphatic rings. The molecule has 0 spiro atoms. The van der Waals surface area contributed by atoms with Gasteiger partial charge in [0.25, 0.3) is 0 Å². The molecule has 0 amide bonds. The van der Waals surface area contributed by atoms with Gasteiger partial charge in [0.15, 0.2) is 18.3 Å². The number of carbonyl (C=O) groups excluding carboxylic acids is 1. The van der Waals surface area contributed by atoms with Crippen LogP contribution in [0.5, 0.6) is 0 Å². The summed E-state index contributed by atoms with van der Waals surface area (Å²) in [7, 11) is 1.77. The van der Waals surface area contributed by atoms with E-state index >= 15 is 0 Å². The standard InChI is InChI=1S/C7H7ClN4O/c1-12-5(3-13)10-4-2-9-7(8)11-6(4)12/h2-3,5,10H,1H3. The first kappa shape index (κ1) is 8.25. The van der Waals surface area contributed by atoms with Crippen LogP contribution in [0.4, 0.5) is 11.5 Å². The highest BCUT2D eigenvalue weighted by atomic mass is 35.5. The van der Waals surface area contributed by atoms with Gasteiger partial charge in [-0.05, 0) is 11.6 Å². The number of hydrogen-bond acceptors (Lipinski definition) is 5. The number of aromatic nitrogens is 2. The molecular formula is C7H7ClN4O. The fourth-order valence-corrected chi connectivity index (χ4v) is 1.36. The van der Waals surface area contributed by atoms with Crippen LogP contribution < -0.4 is 10.2 Å². The molecule has 6 heteroatoms. The molecule has 0 radical (unpaired) electrons. The van der Waals surface area contributed by atoms with Crippen LogP contribution in [0.25, 0.3) is 0 Å². The lowest BCUT2D eigenvalue weighted by atomic mass is 10.5. The van der Waals surface area contributed by atoms with Gasteiger partial charge in [0, 0.05) is 7.05 Å². The van der Waals surface area contributed by atoms with Gasteiger partial charge in [0.1, 0.15) is 0 Å². The van der Waals surface area contributed by atoms with E-state index in [0.29, 0.717) is 5.82 Å². The third-order valence-electron chi connectivity index (χ3n) is 1.92. The summed E-state index contributed by atoms with van der Waals surface area (Å²) in [4.78, 5) is 20.1. The average molecular weight is 199 g/mol. The van der Waals surface area contributed by atoms with Crippen molar-refractivity contribution < 1.29 is 4.79 Å². The first-order valence-electron chi connectivity index (χ1n) is 3.69. The van der Waals surface area contributed by atoms with Crippen molar-refractivity contribution in [3.05, 3.63) is 11.5 Å². The summed E-state index contributed by atoms with van der Waals surface area (Å²) in [5, 5.41) is 3.11.